The summed E-state index contributed by atoms with van der Waals surface area (Å²) in [5, 5.41) is 1.86. The van der Waals surface area contributed by atoms with Crippen LogP contribution in [0.2, 0.25) is 0 Å². The van der Waals surface area contributed by atoms with Crippen LogP contribution in [0.5, 0.6) is 5.75 Å². The molecule has 21 heavy (non-hydrogen) atoms. The van der Waals surface area contributed by atoms with Crippen molar-refractivity contribution in [2.45, 2.75) is 20.5 Å². The summed E-state index contributed by atoms with van der Waals surface area (Å²) in [7, 11) is 0. The molecule has 2 heterocycles. The number of nitrogens with one attached hydrogen (secondary N) is 1. The van der Waals surface area contributed by atoms with Crippen LogP contribution in [-0.2, 0) is 6.61 Å². The average Bonchev–Trinajstić information content (AvgIpc) is 2.91. The van der Waals surface area contributed by atoms with Crippen molar-refractivity contribution in [3.63, 3.8) is 0 Å². The Morgan fingerprint density at radius 1 is 1.33 bits per heavy atom. The maximum atomic E-state index is 11.9. The fraction of sp³-hybridized carbons (Fsp3) is 0.200. The Morgan fingerprint density at radius 2 is 2.05 bits per heavy atom. The summed E-state index contributed by atoms with van der Waals surface area (Å²) in [5.41, 5.74) is 2.82. The van der Waals surface area contributed by atoms with Crippen molar-refractivity contribution in [1.29, 1.82) is 0 Å². The lowest BCUT2D eigenvalue weighted by Crippen LogP contribution is -2.12. The van der Waals surface area contributed by atoms with E-state index in [0.717, 1.165) is 21.3 Å². The fourth-order valence-electron chi connectivity index (χ4n) is 2.13. The van der Waals surface area contributed by atoms with Crippen LogP contribution >= 0.6 is 27.3 Å². The number of aromatic nitrogens is 2. The lowest BCUT2D eigenvalue weighted by Gasteiger charge is -2.09. The molecule has 0 aliphatic heterocycles. The molecule has 6 heteroatoms. The van der Waals surface area contributed by atoms with Gasteiger partial charge in [-0.05, 0) is 48.6 Å². The molecular weight excluding hydrogens is 352 g/mol. The van der Waals surface area contributed by atoms with Crippen LogP contribution in [0, 0.1) is 13.8 Å². The summed E-state index contributed by atoms with van der Waals surface area (Å²) in [5.74, 6) is 1.30. The van der Waals surface area contributed by atoms with Crippen LogP contribution in [0.3, 0.4) is 0 Å². The summed E-state index contributed by atoms with van der Waals surface area (Å²) >= 11 is 4.92. The largest absolute Gasteiger partial charge is 0.486 e. The molecule has 4 nitrogen and oxygen atoms in total. The van der Waals surface area contributed by atoms with Crippen molar-refractivity contribution >= 4 is 37.5 Å². The number of hydrogen-bond acceptors (Lipinski definition) is 4. The van der Waals surface area contributed by atoms with Crippen LogP contribution in [0.15, 0.2) is 32.8 Å². The van der Waals surface area contributed by atoms with E-state index < -0.39 is 0 Å². The van der Waals surface area contributed by atoms with E-state index in [0.29, 0.717) is 16.0 Å². The van der Waals surface area contributed by atoms with Crippen molar-refractivity contribution in [3.8, 4) is 5.75 Å². The number of benzene rings is 1. The summed E-state index contributed by atoms with van der Waals surface area (Å²) < 4.78 is 7.47. The molecule has 0 spiro atoms. The Bertz CT molecular complexity index is 846. The number of nitrogens with zero attached hydrogens (tertiary/aromatic N) is 1. The van der Waals surface area contributed by atoms with Gasteiger partial charge in [0.2, 0.25) is 0 Å². The van der Waals surface area contributed by atoms with E-state index in [1.54, 1.807) is 0 Å². The van der Waals surface area contributed by atoms with Crippen molar-refractivity contribution < 1.29 is 4.74 Å². The van der Waals surface area contributed by atoms with Gasteiger partial charge in [-0.2, -0.15) is 0 Å². The molecule has 0 radical (unpaired) electrons. The van der Waals surface area contributed by atoms with E-state index in [-0.39, 0.29) is 12.2 Å². The van der Waals surface area contributed by atoms with Gasteiger partial charge >= 0.3 is 0 Å². The third kappa shape index (κ3) is 2.87. The minimum Gasteiger partial charge on any atom is -0.486 e. The molecule has 3 aromatic rings. The van der Waals surface area contributed by atoms with E-state index in [4.69, 9.17) is 4.74 Å². The first-order chi connectivity index (χ1) is 10.0. The second-order valence-electron chi connectivity index (χ2n) is 4.81. The SMILES string of the molecule is Cc1cc(OCc2nc3ccsc3c(=O)[nH]2)cc(C)c1Br. The van der Waals surface area contributed by atoms with Crippen molar-refractivity contribution in [1.82, 2.24) is 9.97 Å². The van der Waals surface area contributed by atoms with Crippen LogP contribution in [-0.4, -0.2) is 9.97 Å². The second kappa shape index (κ2) is 5.61. The van der Waals surface area contributed by atoms with Gasteiger partial charge in [0.1, 0.15) is 22.9 Å². The Morgan fingerprint density at radius 3 is 2.76 bits per heavy atom. The van der Waals surface area contributed by atoms with Gasteiger partial charge in [0.25, 0.3) is 5.56 Å². The molecule has 1 N–H and O–H groups in total. The molecule has 0 amide bonds. The highest BCUT2D eigenvalue weighted by Crippen LogP contribution is 2.26. The zero-order chi connectivity index (χ0) is 15.0. The second-order valence-corrected chi connectivity index (χ2v) is 6.52. The maximum Gasteiger partial charge on any atom is 0.268 e. The molecule has 0 saturated heterocycles. The van der Waals surface area contributed by atoms with Crippen LogP contribution in [0.4, 0.5) is 0 Å². The zero-order valence-corrected chi connectivity index (χ0v) is 14.0. The van der Waals surface area contributed by atoms with Crippen molar-refractivity contribution in [2.24, 2.45) is 0 Å². The highest BCUT2D eigenvalue weighted by atomic mass is 79.9. The number of halogens is 1. The Labute approximate surface area is 133 Å². The molecule has 0 unspecified atom stereocenters. The van der Waals surface area contributed by atoms with Crippen molar-refractivity contribution in [3.05, 3.63) is 55.4 Å². The first-order valence-corrected chi connectivity index (χ1v) is 8.08. The molecule has 0 aliphatic rings. The first-order valence-electron chi connectivity index (χ1n) is 6.40. The average molecular weight is 365 g/mol. The smallest absolute Gasteiger partial charge is 0.268 e. The number of fused-ring (bicyclic) bond motifs is 1. The molecule has 1 aromatic carbocycles. The van der Waals surface area contributed by atoms with Crippen molar-refractivity contribution in [2.75, 3.05) is 0 Å². The Hall–Kier alpha value is -1.66. The summed E-state index contributed by atoms with van der Waals surface area (Å²) in [6.45, 7) is 4.27. The number of aromatic amines is 1. The predicted molar refractivity (Wildman–Crippen MR) is 88.2 cm³/mol. The monoisotopic (exact) mass is 364 g/mol. The molecular formula is C15H13BrN2O2S. The number of ether oxygens (including phenoxy) is 1. The van der Waals surface area contributed by atoms with Gasteiger partial charge < -0.3 is 9.72 Å². The van der Waals surface area contributed by atoms with Crippen LogP contribution in [0.1, 0.15) is 17.0 Å². The van der Waals surface area contributed by atoms with Gasteiger partial charge in [-0.25, -0.2) is 4.98 Å². The van der Waals surface area contributed by atoms with E-state index in [9.17, 15) is 4.79 Å². The van der Waals surface area contributed by atoms with Gasteiger partial charge in [0.05, 0.1) is 5.52 Å². The predicted octanol–water partition coefficient (Wildman–Crippen LogP) is 3.94. The normalized spacial score (nSPS) is 11.0. The standard InChI is InChI=1S/C15H13BrN2O2S/c1-8-5-10(6-9(2)13(8)16)20-7-12-17-11-3-4-21-14(11)15(19)18-12/h3-6H,7H2,1-2H3,(H,17,18,19). The van der Waals surface area contributed by atoms with Crippen LogP contribution in [0.25, 0.3) is 10.2 Å². The summed E-state index contributed by atoms with van der Waals surface area (Å²) in [4.78, 5) is 19.0. The lowest BCUT2D eigenvalue weighted by molar-refractivity contribution is 0.295. The molecule has 2 aromatic heterocycles. The zero-order valence-electron chi connectivity index (χ0n) is 11.6. The third-order valence-corrected chi connectivity index (χ3v) is 5.30. The molecule has 0 aliphatic carbocycles. The number of aryl methyl sites for hydroxylation is 2. The van der Waals surface area contributed by atoms with E-state index in [1.165, 1.54) is 11.3 Å². The molecule has 108 valence electrons. The first kappa shape index (κ1) is 14.3. The third-order valence-electron chi connectivity index (χ3n) is 3.15. The minimum absolute atomic E-state index is 0.114. The topological polar surface area (TPSA) is 55.0 Å². The number of rotatable bonds is 3. The van der Waals surface area contributed by atoms with Gasteiger partial charge in [-0.1, -0.05) is 15.9 Å². The number of hydrogen-bond donors (Lipinski definition) is 1. The highest BCUT2D eigenvalue weighted by molar-refractivity contribution is 9.10. The van der Waals surface area contributed by atoms with Gasteiger partial charge in [0.15, 0.2) is 0 Å². The Balaban J connectivity index is 1.85. The lowest BCUT2D eigenvalue weighted by atomic mass is 10.1. The molecule has 0 fully saturated rings. The molecule has 0 saturated carbocycles. The molecule has 0 atom stereocenters. The fourth-order valence-corrected chi connectivity index (χ4v) is 3.09. The van der Waals surface area contributed by atoms with Crippen LogP contribution < -0.4 is 10.3 Å². The quantitative estimate of drug-likeness (QED) is 0.765. The highest BCUT2D eigenvalue weighted by Gasteiger charge is 2.07. The summed E-state index contributed by atoms with van der Waals surface area (Å²) in [6.07, 6.45) is 0. The van der Waals surface area contributed by atoms with Gasteiger partial charge in [-0.15, -0.1) is 11.3 Å². The molecule has 0 bridgehead atoms. The van der Waals surface area contributed by atoms with E-state index in [1.807, 2.05) is 37.4 Å². The summed E-state index contributed by atoms with van der Waals surface area (Å²) in [6, 6.07) is 5.75. The number of H-pyrrole nitrogens is 1. The Kier molecular flexibility index (Phi) is 3.82. The number of thiophene rings is 1. The molecule has 3 rings (SSSR count). The van der Waals surface area contributed by atoms with Gasteiger partial charge in [0, 0.05) is 4.47 Å². The minimum atomic E-state index is -0.114. The van der Waals surface area contributed by atoms with Gasteiger partial charge in [-0.3, -0.25) is 4.79 Å². The van der Waals surface area contributed by atoms with E-state index in [2.05, 4.69) is 25.9 Å². The van der Waals surface area contributed by atoms with E-state index >= 15 is 0 Å². The maximum absolute atomic E-state index is 11.9.